The Morgan fingerprint density at radius 3 is 2.46 bits per heavy atom. The summed E-state index contributed by atoms with van der Waals surface area (Å²) in [5.41, 5.74) is 5.30. The molecule has 2 aromatic rings. The highest BCUT2D eigenvalue weighted by atomic mass is 79.9. The monoisotopic (exact) mass is 598 g/mol. The van der Waals surface area contributed by atoms with Gasteiger partial charge in [0, 0.05) is 23.3 Å². The van der Waals surface area contributed by atoms with Gasteiger partial charge in [0.05, 0.1) is 32.6 Å². The molecule has 0 saturated carbocycles. The van der Waals surface area contributed by atoms with Gasteiger partial charge < -0.3 is 36.4 Å². The molecule has 0 unspecified atom stereocenters. The zero-order valence-corrected chi connectivity index (χ0v) is 25.7. The van der Waals surface area contributed by atoms with Crippen LogP contribution in [0.25, 0.3) is 10.9 Å². The van der Waals surface area contributed by atoms with Crippen LogP contribution in [0.15, 0.2) is 29.4 Å². The Morgan fingerprint density at radius 1 is 0.923 bits per heavy atom. The molecule has 1 aliphatic carbocycles. The van der Waals surface area contributed by atoms with Crippen LogP contribution in [-0.2, 0) is 22.4 Å². The second-order valence-electron chi connectivity index (χ2n) is 11.4. The second-order valence-corrected chi connectivity index (χ2v) is 11.4. The molecule has 7 heteroatoms. The molecule has 1 aromatic carbocycles. The van der Waals surface area contributed by atoms with Crippen LogP contribution in [0.2, 0.25) is 0 Å². The van der Waals surface area contributed by atoms with Gasteiger partial charge >= 0.3 is 0 Å². The van der Waals surface area contributed by atoms with Crippen LogP contribution >= 0.6 is 0 Å². The van der Waals surface area contributed by atoms with E-state index in [9.17, 15) is 0 Å². The Bertz CT molecular complexity index is 1120. The molecule has 0 spiro atoms. The first kappa shape index (κ1) is 31.2. The number of ether oxygens (including phenoxy) is 1. The minimum atomic E-state index is 0. The Kier molecular flexibility index (Phi) is 13.4. The maximum atomic E-state index is 5.48. The van der Waals surface area contributed by atoms with Crippen molar-refractivity contribution in [3.8, 4) is 11.8 Å². The SMILES string of the molecule is C[N+](C)(CC#CCOC1=NOCC1)CCCCCCCCCCNc1c2c(nc3ccccc13)CCCC2.[Br-]. The summed E-state index contributed by atoms with van der Waals surface area (Å²) < 4.78 is 6.42. The Balaban J connectivity index is 0.00000420. The van der Waals surface area contributed by atoms with Gasteiger partial charge in [-0.3, -0.25) is 4.98 Å². The van der Waals surface area contributed by atoms with Gasteiger partial charge in [0.25, 0.3) is 0 Å². The van der Waals surface area contributed by atoms with Crippen molar-refractivity contribution >= 4 is 22.5 Å². The number of unbranched alkanes of at least 4 members (excludes halogenated alkanes) is 7. The fourth-order valence-electron chi connectivity index (χ4n) is 5.43. The highest BCUT2D eigenvalue weighted by Crippen LogP contribution is 2.33. The normalized spacial score (nSPS) is 14.5. The van der Waals surface area contributed by atoms with Crippen molar-refractivity contribution in [1.82, 2.24) is 4.98 Å². The van der Waals surface area contributed by atoms with E-state index in [4.69, 9.17) is 14.6 Å². The lowest BCUT2D eigenvalue weighted by molar-refractivity contribution is -0.883. The maximum Gasteiger partial charge on any atom is 0.230 e. The number of anilines is 1. The summed E-state index contributed by atoms with van der Waals surface area (Å²) in [5, 5.41) is 8.93. The maximum absolute atomic E-state index is 5.48. The van der Waals surface area contributed by atoms with Crippen molar-refractivity contribution in [2.24, 2.45) is 5.16 Å². The fourth-order valence-corrected chi connectivity index (χ4v) is 5.43. The molecule has 1 N–H and O–H groups in total. The summed E-state index contributed by atoms with van der Waals surface area (Å²) in [7, 11) is 4.53. The molecule has 6 nitrogen and oxygen atoms in total. The molecule has 39 heavy (non-hydrogen) atoms. The van der Waals surface area contributed by atoms with Crippen molar-refractivity contribution in [1.29, 1.82) is 0 Å². The summed E-state index contributed by atoms with van der Waals surface area (Å²) >= 11 is 0. The number of pyridine rings is 1. The van der Waals surface area contributed by atoms with Crippen LogP contribution in [0.4, 0.5) is 5.69 Å². The van der Waals surface area contributed by atoms with Gasteiger partial charge in [-0.05, 0) is 62.5 Å². The molecule has 0 atom stereocenters. The molecule has 1 aliphatic heterocycles. The minimum absolute atomic E-state index is 0. The number of para-hydroxylation sites is 1. The number of rotatable bonds is 14. The van der Waals surface area contributed by atoms with Gasteiger partial charge in [0.15, 0.2) is 6.61 Å². The van der Waals surface area contributed by atoms with E-state index in [-0.39, 0.29) is 17.0 Å². The average Bonchev–Trinajstić information content (AvgIpc) is 3.44. The van der Waals surface area contributed by atoms with Crippen LogP contribution in [0.1, 0.15) is 81.9 Å². The van der Waals surface area contributed by atoms with E-state index in [2.05, 4.69) is 60.7 Å². The smallest absolute Gasteiger partial charge is 0.230 e. The summed E-state index contributed by atoms with van der Waals surface area (Å²) in [6, 6.07) is 8.63. The average molecular weight is 600 g/mol. The summed E-state index contributed by atoms with van der Waals surface area (Å²) in [5.74, 6) is 7.04. The molecule has 1 aromatic heterocycles. The number of nitrogens with one attached hydrogen (secondary N) is 1. The van der Waals surface area contributed by atoms with Crippen molar-refractivity contribution in [3.05, 3.63) is 35.5 Å². The first-order valence-electron chi connectivity index (χ1n) is 14.9. The molecule has 2 heterocycles. The van der Waals surface area contributed by atoms with Gasteiger partial charge in [-0.2, -0.15) is 0 Å². The minimum Gasteiger partial charge on any atom is -1.00 e. The van der Waals surface area contributed by atoms with E-state index in [0.717, 1.165) is 35.9 Å². The summed E-state index contributed by atoms with van der Waals surface area (Å²) in [6.45, 7) is 4.12. The first-order valence-corrected chi connectivity index (χ1v) is 14.9. The van der Waals surface area contributed by atoms with Gasteiger partial charge in [-0.1, -0.05) is 61.4 Å². The predicted molar refractivity (Wildman–Crippen MR) is 157 cm³/mol. The van der Waals surface area contributed by atoms with Crippen LogP contribution < -0.4 is 22.3 Å². The predicted octanol–water partition coefficient (Wildman–Crippen LogP) is 3.48. The van der Waals surface area contributed by atoms with Crippen molar-refractivity contribution in [2.45, 2.75) is 83.5 Å². The van der Waals surface area contributed by atoms with E-state index in [0.29, 0.717) is 19.1 Å². The Morgan fingerprint density at radius 2 is 1.67 bits per heavy atom. The van der Waals surface area contributed by atoms with Gasteiger partial charge in [-0.25, -0.2) is 0 Å². The number of hydrogen-bond acceptors (Lipinski definition) is 5. The summed E-state index contributed by atoms with van der Waals surface area (Å²) in [4.78, 5) is 9.88. The topological polar surface area (TPSA) is 55.7 Å². The quantitative estimate of drug-likeness (QED) is 0.205. The number of aryl methyl sites for hydroxylation is 1. The Hall–Kier alpha value is -2.30. The van der Waals surface area contributed by atoms with Crippen molar-refractivity contribution in [3.63, 3.8) is 0 Å². The number of aromatic nitrogens is 1. The summed E-state index contributed by atoms with van der Waals surface area (Å²) in [6.07, 6.45) is 16.1. The molecule has 4 rings (SSSR count). The first-order chi connectivity index (χ1) is 18.6. The molecule has 0 saturated heterocycles. The van der Waals surface area contributed by atoms with Crippen LogP contribution in [-0.4, -0.2) is 62.3 Å². The lowest BCUT2D eigenvalue weighted by Gasteiger charge is -2.27. The van der Waals surface area contributed by atoms with Crippen molar-refractivity contribution < 1.29 is 31.0 Å². The van der Waals surface area contributed by atoms with Crippen molar-refractivity contribution in [2.75, 3.05) is 52.3 Å². The largest absolute Gasteiger partial charge is 1.00 e. The molecule has 214 valence electrons. The lowest BCUT2D eigenvalue weighted by Crippen LogP contribution is -3.00. The second kappa shape index (κ2) is 16.7. The van der Waals surface area contributed by atoms with E-state index >= 15 is 0 Å². The number of halogens is 1. The third kappa shape index (κ3) is 10.3. The number of fused-ring (bicyclic) bond motifs is 2. The van der Waals surface area contributed by atoms with Crippen LogP contribution in [0, 0.1) is 11.8 Å². The number of nitrogens with zero attached hydrogens (tertiary/aromatic N) is 3. The number of hydrogen-bond donors (Lipinski definition) is 1. The highest BCUT2D eigenvalue weighted by Gasteiger charge is 2.17. The molecule has 0 amide bonds. The van der Waals surface area contributed by atoms with Gasteiger partial charge in [0.1, 0.15) is 13.2 Å². The number of quaternary nitrogens is 1. The highest BCUT2D eigenvalue weighted by molar-refractivity contribution is 5.93. The molecular weight excluding hydrogens is 552 g/mol. The third-order valence-electron chi connectivity index (χ3n) is 7.68. The van der Waals surface area contributed by atoms with E-state index in [1.807, 2.05) is 0 Å². The zero-order valence-electron chi connectivity index (χ0n) is 24.1. The molecule has 0 radical (unpaired) electrons. The lowest BCUT2D eigenvalue weighted by atomic mass is 9.92. The number of oxime groups is 1. The van der Waals surface area contributed by atoms with Crippen LogP contribution in [0.5, 0.6) is 0 Å². The Labute approximate surface area is 246 Å². The van der Waals surface area contributed by atoms with Gasteiger partial charge in [-0.15, -0.1) is 0 Å². The van der Waals surface area contributed by atoms with Gasteiger partial charge in [0.2, 0.25) is 5.90 Å². The number of benzene rings is 1. The fraction of sp³-hybridized carbons (Fsp3) is 0.625. The molecular formula is C32H47BrN4O2. The van der Waals surface area contributed by atoms with E-state index in [1.54, 1.807) is 0 Å². The third-order valence-corrected chi connectivity index (χ3v) is 7.68. The van der Waals surface area contributed by atoms with Crippen LogP contribution in [0.3, 0.4) is 0 Å². The van der Waals surface area contributed by atoms with E-state index in [1.165, 1.54) is 99.5 Å². The standard InChI is InChI=1S/C32H47N4O2.BrH/c1-36(2,24-15-16-25-37-31-21-26-38-35-31)23-14-8-6-4-3-5-7-13-22-33-32-27-17-9-11-19-29(27)34-30-20-12-10-18-28(30)32;/h9,11,17,19H,3-8,10,12-14,18,20-26H2,1-2H3,(H,33,34);1H/q+1;/p-1. The van der Waals surface area contributed by atoms with E-state index < -0.39 is 0 Å². The zero-order chi connectivity index (χ0) is 26.5. The molecule has 0 bridgehead atoms. The molecule has 2 aliphatic rings. The molecule has 0 fully saturated rings.